The van der Waals surface area contributed by atoms with Gasteiger partial charge in [-0.3, -0.25) is 4.48 Å². The fourth-order valence-corrected chi connectivity index (χ4v) is 0.374. The highest BCUT2D eigenvalue weighted by Gasteiger charge is 2.20. The Hall–Kier alpha value is -0.870. The molecule has 12 heavy (non-hydrogen) atoms. The van der Waals surface area contributed by atoms with Crippen LogP contribution in [-0.2, 0) is 9.53 Å². The lowest BCUT2D eigenvalue weighted by molar-refractivity contribution is -0.914. The number of esters is 1. The summed E-state index contributed by atoms with van der Waals surface area (Å²) in [5.41, 5.74) is 0. The van der Waals surface area contributed by atoms with Crippen molar-refractivity contribution in [2.24, 2.45) is 0 Å². The van der Waals surface area contributed by atoms with E-state index in [1.807, 2.05) is 28.1 Å². The zero-order valence-electron chi connectivity index (χ0n) is 8.07. The number of hydrogen-bond acceptors (Lipinski definition) is 3. The average Bonchev–Trinajstić information content (AvgIpc) is 1.85. The number of carbonyl (C=O) groups is 1. The quantitative estimate of drug-likeness (QED) is 0.273. The zero-order chi connectivity index (χ0) is 9.07. The van der Waals surface area contributed by atoms with Gasteiger partial charge in [-0.2, -0.15) is 0 Å². The van der Waals surface area contributed by atoms with Crippen LogP contribution in [0.25, 0.3) is 0 Å². The van der Waals surface area contributed by atoms with Gasteiger partial charge in [-0.1, -0.05) is 6.58 Å². The minimum atomic E-state index is -0.370. The second-order valence-electron chi connectivity index (χ2n) is 3.36. The molecular formula is C8H17NO3. The summed E-state index contributed by atoms with van der Waals surface area (Å²) in [6.07, 6.45) is 1.03. The van der Waals surface area contributed by atoms with Crippen molar-refractivity contribution in [2.45, 2.75) is 13.2 Å². The molecule has 0 aromatic heterocycles. The van der Waals surface area contributed by atoms with E-state index < -0.39 is 0 Å². The first kappa shape index (κ1) is 13.7. The third kappa shape index (κ3) is 4.87. The molecule has 0 bridgehead atoms. The average molecular weight is 175 g/mol. The van der Waals surface area contributed by atoms with Crippen LogP contribution >= 0.6 is 0 Å². The Bertz CT molecular complexity index is 160. The lowest BCUT2D eigenvalue weighted by Gasteiger charge is -2.29. The van der Waals surface area contributed by atoms with Gasteiger partial charge in [0.1, 0.15) is 0 Å². The third-order valence-corrected chi connectivity index (χ3v) is 1.54. The Balaban J connectivity index is 0. The molecular weight excluding hydrogens is 158 g/mol. The normalized spacial score (nSPS) is 12.7. The minimum absolute atomic E-state index is 0. The molecule has 0 aliphatic carbocycles. The van der Waals surface area contributed by atoms with Crippen LogP contribution in [0, 0.1) is 0 Å². The van der Waals surface area contributed by atoms with E-state index in [2.05, 4.69) is 6.58 Å². The zero-order valence-corrected chi connectivity index (χ0v) is 8.07. The summed E-state index contributed by atoms with van der Waals surface area (Å²) in [6, 6.07) is 0. The first-order valence-electron chi connectivity index (χ1n) is 3.52. The van der Waals surface area contributed by atoms with Crippen molar-refractivity contribution in [3.05, 3.63) is 12.7 Å². The van der Waals surface area contributed by atoms with Crippen LogP contribution in [0.1, 0.15) is 6.92 Å². The highest BCUT2D eigenvalue weighted by atomic mass is 16.6. The summed E-state index contributed by atoms with van der Waals surface area (Å²) in [7, 11) is 5.88. The fraction of sp³-hybridized carbons (Fsp3) is 0.625. The van der Waals surface area contributed by atoms with Crippen LogP contribution in [0.5, 0.6) is 0 Å². The van der Waals surface area contributed by atoms with Gasteiger partial charge in [0.05, 0.1) is 21.1 Å². The molecule has 0 amide bonds. The lowest BCUT2D eigenvalue weighted by atomic mass is 10.5. The standard InChI is InChI=1S/C8H16NO2.H2O/c1-6-8(10)11-7(2)9(3,4)5;/h6-7H,1H2,2-5H3;1H2/q+1;/p-1. The second kappa shape index (κ2) is 4.90. The molecule has 0 aromatic carbocycles. The molecule has 1 atom stereocenters. The van der Waals surface area contributed by atoms with E-state index in [1.54, 1.807) is 0 Å². The molecule has 0 saturated carbocycles. The van der Waals surface area contributed by atoms with Gasteiger partial charge >= 0.3 is 5.97 Å². The van der Waals surface area contributed by atoms with Gasteiger partial charge in [0.25, 0.3) is 0 Å². The molecule has 4 nitrogen and oxygen atoms in total. The third-order valence-electron chi connectivity index (χ3n) is 1.54. The summed E-state index contributed by atoms with van der Waals surface area (Å²) in [5.74, 6) is -0.370. The number of rotatable bonds is 3. The van der Waals surface area contributed by atoms with E-state index in [0.717, 1.165) is 0 Å². The van der Waals surface area contributed by atoms with Gasteiger partial charge in [-0.25, -0.2) is 4.79 Å². The molecule has 0 fully saturated rings. The van der Waals surface area contributed by atoms with Crippen LogP contribution in [0.3, 0.4) is 0 Å². The number of ether oxygens (including phenoxy) is 1. The maximum Gasteiger partial charge on any atom is 0.334 e. The molecule has 0 heterocycles. The predicted octanol–water partition coefficient (Wildman–Crippen LogP) is 0.591. The molecule has 1 unspecified atom stereocenters. The number of nitrogens with zero attached hydrogens (tertiary/aromatic N) is 1. The van der Waals surface area contributed by atoms with E-state index in [1.165, 1.54) is 6.08 Å². The Labute approximate surface area is 73.3 Å². The van der Waals surface area contributed by atoms with Crippen molar-refractivity contribution < 1.29 is 19.5 Å². The summed E-state index contributed by atoms with van der Waals surface area (Å²) < 4.78 is 5.58. The number of hydrogen-bond donors (Lipinski definition) is 0. The molecule has 72 valence electrons. The van der Waals surface area contributed by atoms with Crippen LogP contribution in [0.15, 0.2) is 12.7 Å². The van der Waals surface area contributed by atoms with E-state index in [9.17, 15) is 4.79 Å². The second-order valence-corrected chi connectivity index (χ2v) is 3.36. The van der Waals surface area contributed by atoms with Crippen molar-refractivity contribution in [3.8, 4) is 0 Å². The van der Waals surface area contributed by atoms with Crippen LogP contribution in [-0.4, -0.2) is 43.3 Å². The van der Waals surface area contributed by atoms with Crippen LogP contribution in [0.2, 0.25) is 0 Å². The monoisotopic (exact) mass is 175 g/mol. The van der Waals surface area contributed by atoms with E-state index in [0.29, 0.717) is 4.48 Å². The Morgan fingerprint density at radius 3 is 2.17 bits per heavy atom. The fourth-order valence-electron chi connectivity index (χ4n) is 0.374. The van der Waals surface area contributed by atoms with Gasteiger partial charge in [-0.15, -0.1) is 0 Å². The van der Waals surface area contributed by atoms with Crippen molar-refractivity contribution >= 4 is 5.97 Å². The highest BCUT2D eigenvalue weighted by Crippen LogP contribution is 2.03. The van der Waals surface area contributed by atoms with E-state index in [-0.39, 0.29) is 17.7 Å². The van der Waals surface area contributed by atoms with Gasteiger partial charge in [-0.05, 0) is 0 Å². The summed E-state index contributed by atoms with van der Waals surface area (Å²) in [5, 5.41) is 0. The Morgan fingerprint density at radius 1 is 1.50 bits per heavy atom. The lowest BCUT2D eigenvalue weighted by Crippen LogP contribution is -2.45. The highest BCUT2D eigenvalue weighted by molar-refractivity contribution is 5.81. The Kier molecular flexibility index (Phi) is 5.59. The topological polar surface area (TPSA) is 56.3 Å². The number of quaternary nitrogens is 1. The minimum Gasteiger partial charge on any atom is -0.870 e. The van der Waals surface area contributed by atoms with Crippen molar-refractivity contribution in [1.29, 1.82) is 0 Å². The van der Waals surface area contributed by atoms with Crippen LogP contribution in [0.4, 0.5) is 0 Å². The predicted molar refractivity (Wildman–Crippen MR) is 45.7 cm³/mol. The largest absolute Gasteiger partial charge is 0.870 e. The molecule has 0 aliphatic rings. The van der Waals surface area contributed by atoms with Gasteiger partial charge in [0.2, 0.25) is 6.23 Å². The summed E-state index contributed by atoms with van der Waals surface area (Å²) in [4.78, 5) is 10.7. The van der Waals surface area contributed by atoms with E-state index >= 15 is 0 Å². The maximum absolute atomic E-state index is 10.7. The van der Waals surface area contributed by atoms with Gasteiger partial charge in [0.15, 0.2) is 0 Å². The summed E-state index contributed by atoms with van der Waals surface area (Å²) >= 11 is 0. The molecule has 1 N–H and O–H groups in total. The molecule has 0 radical (unpaired) electrons. The van der Waals surface area contributed by atoms with Crippen molar-refractivity contribution in [2.75, 3.05) is 21.1 Å². The SMILES string of the molecule is C=CC(=O)OC(C)[N+](C)(C)C.[OH-]. The maximum atomic E-state index is 10.7. The van der Waals surface area contributed by atoms with Crippen LogP contribution < -0.4 is 0 Å². The summed E-state index contributed by atoms with van der Waals surface area (Å²) in [6.45, 7) is 5.16. The van der Waals surface area contributed by atoms with Crippen molar-refractivity contribution in [3.63, 3.8) is 0 Å². The molecule has 0 saturated heterocycles. The van der Waals surface area contributed by atoms with Gasteiger partial charge in [0, 0.05) is 13.0 Å². The molecule has 0 aromatic rings. The van der Waals surface area contributed by atoms with E-state index in [4.69, 9.17) is 4.74 Å². The number of carbonyl (C=O) groups excluding carboxylic acids is 1. The molecule has 4 heteroatoms. The van der Waals surface area contributed by atoms with Gasteiger partial charge < -0.3 is 10.2 Å². The molecule has 0 aliphatic heterocycles. The smallest absolute Gasteiger partial charge is 0.334 e. The molecule has 0 spiro atoms. The Morgan fingerprint density at radius 2 is 1.92 bits per heavy atom. The van der Waals surface area contributed by atoms with Crippen molar-refractivity contribution in [1.82, 2.24) is 0 Å². The molecule has 0 rings (SSSR count). The first-order valence-corrected chi connectivity index (χ1v) is 3.52. The first-order chi connectivity index (χ1) is 4.88.